The van der Waals surface area contributed by atoms with E-state index >= 15 is 0 Å². The molecule has 0 fully saturated rings. The summed E-state index contributed by atoms with van der Waals surface area (Å²) in [6, 6.07) is 18.8. The van der Waals surface area contributed by atoms with Gasteiger partial charge >= 0.3 is 5.97 Å². The number of hydrogen-bond acceptors (Lipinski definition) is 3. The van der Waals surface area contributed by atoms with Crippen molar-refractivity contribution in [1.29, 1.82) is 0 Å². The minimum Gasteiger partial charge on any atom is -0.461 e. The highest BCUT2D eigenvalue weighted by molar-refractivity contribution is 7.98. The summed E-state index contributed by atoms with van der Waals surface area (Å²) in [6.07, 6.45) is 0. The van der Waals surface area contributed by atoms with E-state index in [-0.39, 0.29) is 5.97 Å². The number of rotatable bonds is 7. The van der Waals surface area contributed by atoms with Crippen molar-refractivity contribution in [2.24, 2.45) is 0 Å². The first-order valence-electron chi connectivity index (χ1n) is 7.22. The van der Waals surface area contributed by atoms with Gasteiger partial charge in [0, 0.05) is 17.1 Å². The largest absolute Gasteiger partial charge is 0.461 e. The zero-order valence-electron chi connectivity index (χ0n) is 12.7. The zero-order chi connectivity index (χ0) is 15.8. The van der Waals surface area contributed by atoms with E-state index in [1.807, 2.05) is 6.07 Å². The third-order valence-electron chi connectivity index (χ3n) is 3.17. The number of ether oxygens (including phenoxy) is 1. The second kappa shape index (κ2) is 8.44. The summed E-state index contributed by atoms with van der Waals surface area (Å²) in [6.45, 7) is 5.64. The second-order valence-electron chi connectivity index (χ2n) is 4.99. The molecule has 3 heteroatoms. The first-order chi connectivity index (χ1) is 10.7. The topological polar surface area (TPSA) is 26.3 Å². The molecule has 22 heavy (non-hydrogen) atoms. The Kier molecular flexibility index (Phi) is 6.28. The van der Waals surface area contributed by atoms with Crippen LogP contribution in [0.25, 0.3) is 11.1 Å². The van der Waals surface area contributed by atoms with Gasteiger partial charge in [-0.1, -0.05) is 61.2 Å². The standard InChI is InChI=1S/C19H20O2S/c1-15(2)19(20)21-12-13-22-14-17-10-6-7-11-18(17)16-8-4-3-5-9-16/h3-11H,1,12-14H2,2H3. The van der Waals surface area contributed by atoms with E-state index in [9.17, 15) is 4.79 Å². The van der Waals surface area contributed by atoms with Gasteiger partial charge in [0.2, 0.25) is 0 Å². The van der Waals surface area contributed by atoms with E-state index in [4.69, 9.17) is 4.74 Å². The fourth-order valence-electron chi connectivity index (χ4n) is 2.04. The third kappa shape index (κ3) is 4.78. The monoisotopic (exact) mass is 312 g/mol. The molecule has 0 heterocycles. The Morgan fingerprint density at radius 2 is 1.77 bits per heavy atom. The summed E-state index contributed by atoms with van der Waals surface area (Å²) >= 11 is 1.76. The molecule has 0 atom stereocenters. The molecule has 2 nitrogen and oxygen atoms in total. The van der Waals surface area contributed by atoms with Gasteiger partial charge in [-0.3, -0.25) is 0 Å². The Hall–Kier alpha value is -2.00. The molecule has 2 rings (SSSR count). The first-order valence-corrected chi connectivity index (χ1v) is 8.37. The SMILES string of the molecule is C=C(C)C(=O)OCCSCc1ccccc1-c1ccccc1. The lowest BCUT2D eigenvalue weighted by molar-refractivity contribution is -0.138. The van der Waals surface area contributed by atoms with Gasteiger partial charge < -0.3 is 4.74 Å². The van der Waals surface area contributed by atoms with Crippen molar-refractivity contribution < 1.29 is 9.53 Å². The molecule has 0 amide bonds. The lowest BCUT2D eigenvalue weighted by atomic mass is 10.0. The predicted octanol–water partition coefficient (Wildman–Crippen LogP) is 4.71. The highest BCUT2D eigenvalue weighted by atomic mass is 32.2. The number of carbonyl (C=O) groups excluding carboxylic acids is 1. The molecule has 0 aromatic heterocycles. The molecule has 114 valence electrons. The molecule has 0 unspecified atom stereocenters. The lowest BCUT2D eigenvalue weighted by Gasteiger charge is -2.10. The van der Waals surface area contributed by atoms with Crippen LogP contribution in [0.3, 0.4) is 0 Å². The summed E-state index contributed by atoms with van der Waals surface area (Å²) in [5.74, 6) is 1.36. The van der Waals surface area contributed by atoms with Gasteiger partial charge in [0.05, 0.1) is 0 Å². The molecule has 0 N–H and O–H groups in total. The Morgan fingerprint density at radius 3 is 2.50 bits per heavy atom. The summed E-state index contributed by atoms with van der Waals surface area (Å²) in [5.41, 5.74) is 4.23. The van der Waals surface area contributed by atoms with Gasteiger partial charge in [-0.15, -0.1) is 0 Å². The summed E-state index contributed by atoms with van der Waals surface area (Å²) < 4.78 is 5.10. The van der Waals surface area contributed by atoms with Gasteiger partial charge in [0.15, 0.2) is 0 Å². The van der Waals surface area contributed by atoms with Crippen LogP contribution in [0.1, 0.15) is 12.5 Å². The third-order valence-corrected chi connectivity index (χ3v) is 4.14. The van der Waals surface area contributed by atoms with Crippen LogP contribution in [0.5, 0.6) is 0 Å². The Balaban J connectivity index is 1.89. The van der Waals surface area contributed by atoms with E-state index in [1.54, 1.807) is 18.7 Å². The van der Waals surface area contributed by atoms with Crippen molar-refractivity contribution in [3.05, 3.63) is 72.3 Å². The summed E-state index contributed by atoms with van der Waals surface area (Å²) in [5, 5.41) is 0. The van der Waals surface area contributed by atoms with Crippen LogP contribution in [0, 0.1) is 0 Å². The van der Waals surface area contributed by atoms with E-state index in [0.29, 0.717) is 12.2 Å². The molecule has 0 aliphatic heterocycles. The van der Waals surface area contributed by atoms with E-state index in [2.05, 4.69) is 55.1 Å². The van der Waals surface area contributed by atoms with E-state index in [1.165, 1.54) is 16.7 Å². The van der Waals surface area contributed by atoms with Gasteiger partial charge in [0.25, 0.3) is 0 Å². The fourth-order valence-corrected chi connectivity index (χ4v) is 2.86. The smallest absolute Gasteiger partial charge is 0.333 e. The molecular weight excluding hydrogens is 292 g/mol. The van der Waals surface area contributed by atoms with E-state index < -0.39 is 0 Å². The molecule has 0 spiro atoms. The van der Waals surface area contributed by atoms with Gasteiger partial charge in [0.1, 0.15) is 6.61 Å². The Labute approximate surface area is 136 Å². The molecular formula is C19H20O2S. The van der Waals surface area contributed by atoms with E-state index in [0.717, 1.165) is 11.5 Å². The van der Waals surface area contributed by atoms with Crippen LogP contribution in [0.4, 0.5) is 0 Å². The molecule has 0 aliphatic carbocycles. The van der Waals surface area contributed by atoms with Crippen LogP contribution in [-0.4, -0.2) is 18.3 Å². The molecule has 2 aromatic carbocycles. The maximum atomic E-state index is 11.3. The predicted molar refractivity (Wildman–Crippen MR) is 93.8 cm³/mol. The van der Waals surface area contributed by atoms with Crippen molar-refractivity contribution >= 4 is 17.7 Å². The van der Waals surface area contributed by atoms with Crippen molar-refractivity contribution in [2.45, 2.75) is 12.7 Å². The molecule has 0 radical (unpaired) electrons. The Morgan fingerprint density at radius 1 is 1.09 bits per heavy atom. The molecule has 0 aliphatic rings. The highest BCUT2D eigenvalue weighted by Crippen LogP contribution is 2.26. The minimum atomic E-state index is -0.315. The van der Waals surface area contributed by atoms with Gasteiger partial charge in [-0.05, 0) is 23.6 Å². The van der Waals surface area contributed by atoms with Gasteiger partial charge in [-0.25, -0.2) is 4.79 Å². The average molecular weight is 312 g/mol. The average Bonchev–Trinajstić information content (AvgIpc) is 2.55. The second-order valence-corrected chi connectivity index (χ2v) is 6.10. The molecule has 0 bridgehead atoms. The van der Waals surface area contributed by atoms with Crippen LogP contribution in [0.15, 0.2) is 66.7 Å². The quantitative estimate of drug-likeness (QED) is 0.421. The minimum absolute atomic E-state index is 0.315. The van der Waals surface area contributed by atoms with Crippen molar-refractivity contribution in [2.75, 3.05) is 12.4 Å². The normalized spacial score (nSPS) is 10.2. The van der Waals surface area contributed by atoms with Crippen LogP contribution in [-0.2, 0) is 15.3 Å². The van der Waals surface area contributed by atoms with Crippen molar-refractivity contribution in [3.63, 3.8) is 0 Å². The molecule has 2 aromatic rings. The first kappa shape index (κ1) is 16.4. The highest BCUT2D eigenvalue weighted by Gasteiger charge is 2.05. The van der Waals surface area contributed by atoms with Crippen molar-refractivity contribution in [3.8, 4) is 11.1 Å². The molecule has 0 saturated heterocycles. The number of benzene rings is 2. The number of thioether (sulfide) groups is 1. The number of hydrogen-bond donors (Lipinski definition) is 0. The lowest BCUT2D eigenvalue weighted by Crippen LogP contribution is -2.07. The fraction of sp³-hybridized carbons (Fsp3) is 0.211. The van der Waals surface area contributed by atoms with Crippen molar-refractivity contribution in [1.82, 2.24) is 0 Å². The molecule has 0 saturated carbocycles. The van der Waals surface area contributed by atoms with Crippen LogP contribution < -0.4 is 0 Å². The maximum Gasteiger partial charge on any atom is 0.333 e. The van der Waals surface area contributed by atoms with Gasteiger partial charge in [-0.2, -0.15) is 11.8 Å². The summed E-state index contributed by atoms with van der Waals surface area (Å²) in [4.78, 5) is 11.3. The van der Waals surface area contributed by atoms with Crippen LogP contribution >= 0.6 is 11.8 Å². The Bertz CT molecular complexity index is 635. The maximum absolute atomic E-state index is 11.3. The zero-order valence-corrected chi connectivity index (χ0v) is 13.6. The number of carbonyl (C=O) groups is 1. The van der Waals surface area contributed by atoms with Crippen LogP contribution in [0.2, 0.25) is 0 Å². The summed E-state index contributed by atoms with van der Waals surface area (Å²) in [7, 11) is 0. The number of esters is 1.